The first-order chi connectivity index (χ1) is 13.6. The average Bonchev–Trinajstić information content (AvgIpc) is 2.67. The van der Waals surface area contributed by atoms with Gasteiger partial charge in [0.1, 0.15) is 0 Å². The molecule has 1 amide bonds. The van der Waals surface area contributed by atoms with Gasteiger partial charge in [0.15, 0.2) is 17.5 Å². The summed E-state index contributed by atoms with van der Waals surface area (Å²) < 4.78 is 67.6. The van der Waals surface area contributed by atoms with E-state index in [2.05, 4.69) is 5.32 Å². The average molecular weight is 426 g/mol. The molecule has 2 aromatic carbocycles. The second-order valence-corrected chi connectivity index (χ2v) is 9.41. The first-order valence-corrected chi connectivity index (χ1v) is 10.6. The first kappa shape index (κ1) is 21.3. The van der Waals surface area contributed by atoms with Crippen molar-refractivity contribution in [1.29, 1.82) is 0 Å². The number of nitrogens with zero attached hydrogens (tertiary/aromatic N) is 1. The third-order valence-corrected chi connectivity index (χ3v) is 6.68. The van der Waals surface area contributed by atoms with E-state index in [-0.39, 0.29) is 22.3 Å². The summed E-state index contributed by atoms with van der Waals surface area (Å²) in [6.07, 6.45) is 0.939. The fourth-order valence-corrected chi connectivity index (χ4v) is 5.29. The molecule has 0 spiro atoms. The Morgan fingerprint density at radius 1 is 1.03 bits per heavy atom. The maximum Gasteiger partial charge on any atom is 0.255 e. The Kier molecular flexibility index (Phi) is 6.00. The van der Waals surface area contributed by atoms with Gasteiger partial charge in [-0.1, -0.05) is 19.9 Å². The Balaban J connectivity index is 1.85. The number of sulfonamides is 1. The molecule has 1 saturated heterocycles. The summed E-state index contributed by atoms with van der Waals surface area (Å²) in [4.78, 5) is 12.4. The fourth-order valence-electron chi connectivity index (χ4n) is 3.57. The van der Waals surface area contributed by atoms with E-state index in [1.165, 1.54) is 28.6 Å². The minimum Gasteiger partial charge on any atom is -0.319 e. The van der Waals surface area contributed by atoms with Gasteiger partial charge >= 0.3 is 0 Å². The van der Waals surface area contributed by atoms with Gasteiger partial charge in [-0.15, -0.1) is 0 Å². The topological polar surface area (TPSA) is 66.5 Å². The van der Waals surface area contributed by atoms with Crippen LogP contribution in [0, 0.1) is 29.3 Å². The van der Waals surface area contributed by atoms with Crippen LogP contribution in [-0.4, -0.2) is 31.7 Å². The zero-order chi connectivity index (χ0) is 21.3. The molecule has 1 aliphatic rings. The summed E-state index contributed by atoms with van der Waals surface area (Å²) in [5.74, 6) is -5.01. The predicted octanol–water partition coefficient (Wildman–Crippen LogP) is 4.02. The SMILES string of the molecule is CC1CC(C)CN(S(=O)(=O)c2cccc(C(=O)Nc3ccc(F)c(F)c3F)c2)C1. The number of amides is 1. The highest BCUT2D eigenvalue weighted by atomic mass is 32.2. The summed E-state index contributed by atoms with van der Waals surface area (Å²) in [5, 5.41) is 2.14. The minimum absolute atomic E-state index is 0.0479. The molecule has 1 aliphatic heterocycles. The Morgan fingerprint density at radius 2 is 1.69 bits per heavy atom. The van der Waals surface area contributed by atoms with Crippen molar-refractivity contribution in [3.63, 3.8) is 0 Å². The molecule has 0 saturated carbocycles. The van der Waals surface area contributed by atoms with Gasteiger partial charge in [0.2, 0.25) is 10.0 Å². The highest BCUT2D eigenvalue weighted by Crippen LogP contribution is 2.27. The summed E-state index contributed by atoms with van der Waals surface area (Å²) in [6, 6.07) is 6.91. The number of rotatable bonds is 4. The summed E-state index contributed by atoms with van der Waals surface area (Å²) in [7, 11) is -3.81. The molecular weight excluding hydrogens is 405 g/mol. The number of hydrogen-bond acceptors (Lipinski definition) is 3. The highest BCUT2D eigenvalue weighted by Gasteiger charge is 2.32. The number of carbonyl (C=O) groups excluding carboxylic acids is 1. The van der Waals surface area contributed by atoms with E-state index in [1.807, 2.05) is 13.8 Å². The van der Waals surface area contributed by atoms with Crippen molar-refractivity contribution in [1.82, 2.24) is 4.31 Å². The zero-order valence-electron chi connectivity index (χ0n) is 16.0. The number of benzene rings is 2. The minimum atomic E-state index is -3.81. The van der Waals surface area contributed by atoms with E-state index in [0.717, 1.165) is 12.5 Å². The van der Waals surface area contributed by atoms with Crippen molar-refractivity contribution in [2.75, 3.05) is 18.4 Å². The third-order valence-electron chi connectivity index (χ3n) is 4.85. The largest absolute Gasteiger partial charge is 0.319 e. The maximum atomic E-state index is 13.8. The van der Waals surface area contributed by atoms with Crippen LogP contribution in [0.3, 0.4) is 0 Å². The second kappa shape index (κ2) is 8.16. The van der Waals surface area contributed by atoms with Gasteiger partial charge < -0.3 is 5.32 Å². The Bertz CT molecular complexity index is 1030. The fraction of sp³-hybridized carbons (Fsp3) is 0.350. The van der Waals surface area contributed by atoms with Crippen molar-refractivity contribution in [3.8, 4) is 0 Å². The molecule has 0 aliphatic carbocycles. The smallest absolute Gasteiger partial charge is 0.255 e. The summed E-state index contributed by atoms with van der Waals surface area (Å²) >= 11 is 0. The van der Waals surface area contributed by atoms with Crippen LogP contribution >= 0.6 is 0 Å². The van der Waals surface area contributed by atoms with Crippen LogP contribution in [-0.2, 0) is 10.0 Å². The normalized spacial score (nSPS) is 20.4. The van der Waals surface area contributed by atoms with E-state index < -0.39 is 39.1 Å². The molecular formula is C20H21F3N2O3S. The molecule has 29 heavy (non-hydrogen) atoms. The van der Waals surface area contributed by atoms with Crippen LogP contribution in [0.5, 0.6) is 0 Å². The summed E-state index contributed by atoms with van der Waals surface area (Å²) in [6.45, 7) is 4.75. The van der Waals surface area contributed by atoms with Crippen molar-refractivity contribution in [3.05, 3.63) is 59.4 Å². The van der Waals surface area contributed by atoms with E-state index in [1.54, 1.807) is 0 Å². The molecule has 1 N–H and O–H groups in total. The first-order valence-electron chi connectivity index (χ1n) is 9.14. The monoisotopic (exact) mass is 426 g/mol. The number of hydrogen-bond donors (Lipinski definition) is 1. The lowest BCUT2D eigenvalue weighted by atomic mass is 9.94. The molecule has 0 aromatic heterocycles. The van der Waals surface area contributed by atoms with Crippen LogP contribution in [0.2, 0.25) is 0 Å². The molecule has 0 bridgehead atoms. The van der Waals surface area contributed by atoms with Crippen molar-refractivity contribution in [2.24, 2.45) is 11.8 Å². The lowest BCUT2D eigenvalue weighted by Crippen LogP contribution is -2.42. The zero-order valence-corrected chi connectivity index (χ0v) is 16.8. The quantitative estimate of drug-likeness (QED) is 0.751. The molecule has 3 rings (SSSR count). The van der Waals surface area contributed by atoms with Gasteiger partial charge in [-0.05, 0) is 48.6 Å². The molecule has 5 nitrogen and oxygen atoms in total. The molecule has 0 radical (unpaired) electrons. The van der Waals surface area contributed by atoms with Gasteiger partial charge in [0.25, 0.3) is 5.91 Å². The molecule has 2 unspecified atom stereocenters. The standard InChI is InChI=1S/C20H21F3N2O3S/c1-12-8-13(2)11-25(10-12)29(27,28)15-5-3-4-14(9-15)20(26)24-17-7-6-16(21)18(22)19(17)23/h3-7,9,12-13H,8,10-11H2,1-2H3,(H,24,26). The molecule has 2 atom stereocenters. The van der Waals surface area contributed by atoms with E-state index >= 15 is 0 Å². The van der Waals surface area contributed by atoms with Crippen LogP contribution in [0.1, 0.15) is 30.6 Å². The van der Waals surface area contributed by atoms with Gasteiger partial charge in [-0.2, -0.15) is 4.31 Å². The third kappa shape index (κ3) is 4.45. The number of halogens is 3. The molecule has 9 heteroatoms. The molecule has 2 aromatic rings. The van der Waals surface area contributed by atoms with Crippen molar-refractivity contribution in [2.45, 2.75) is 25.2 Å². The van der Waals surface area contributed by atoms with E-state index in [0.29, 0.717) is 19.2 Å². The van der Waals surface area contributed by atoms with Gasteiger partial charge in [-0.3, -0.25) is 4.79 Å². The van der Waals surface area contributed by atoms with Crippen molar-refractivity contribution >= 4 is 21.6 Å². The van der Waals surface area contributed by atoms with E-state index in [9.17, 15) is 26.4 Å². The predicted molar refractivity (Wildman–Crippen MR) is 102 cm³/mol. The summed E-state index contributed by atoms with van der Waals surface area (Å²) in [5.41, 5.74) is -0.589. The van der Waals surface area contributed by atoms with Crippen LogP contribution in [0.25, 0.3) is 0 Å². The second-order valence-electron chi connectivity index (χ2n) is 7.47. The lowest BCUT2D eigenvalue weighted by molar-refractivity contribution is 0.102. The van der Waals surface area contributed by atoms with Crippen LogP contribution in [0.4, 0.5) is 18.9 Å². The van der Waals surface area contributed by atoms with Crippen molar-refractivity contribution < 1.29 is 26.4 Å². The lowest BCUT2D eigenvalue weighted by Gasteiger charge is -2.34. The number of anilines is 1. The molecule has 1 fully saturated rings. The Hall–Kier alpha value is -2.39. The van der Waals surface area contributed by atoms with Crippen LogP contribution < -0.4 is 5.32 Å². The Morgan fingerprint density at radius 3 is 2.34 bits per heavy atom. The number of piperidine rings is 1. The molecule has 1 heterocycles. The maximum absolute atomic E-state index is 13.8. The molecule has 156 valence electrons. The van der Waals surface area contributed by atoms with E-state index in [4.69, 9.17) is 0 Å². The van der Waals surface area contributed by atoms with Gasteiger partial charge in [0.05, 0.1) is 10.6 Å². The van der Waals surface area contributed by atoms with Crippen LogP contribution in [0.15, 0.2) is 41.3 Å². The Labute approximate surface area is 167 Å². The number of carbonyl (C=O) groups is 1. The van der Waals surface area contributed by atoms with Gasteiger partial charge in [0, 0.05) is 18.7 Å². The number of nitrogens with one attached hydrogen (secondary N) is 1. The van der Waals surface area contributed by atoms with Gasteiger partial charge in [-0.25, -0.2) is 21.6 Å². The highest BCUT2D eigenvalue weighted by molar-refractivity contribution is 7.89.